The van der Waals surface area contributed by atoms with Gasteiger partial charge >= 0.3 is 0 Å². The lowest BCUT2D eigenvalue weighted by atomic mass is 10.0. The molecule has 5 nitrogen and oxygen atoms in total. The van der Waals surface area contributed by atoms with Gasteiger partial charge in [0, 0.05) is 39.0 Å². The van der Waals surface area contributed by atoms with E-state index in [1.54, 1.807) is 13.2 Å². The highest BCUT2D eigenvalue weighted by Crippen LogP contribution is 2.24. The summed E-state index contributed by atoms with van der Waals surface area (Å²) in [5.74, 6) is 1.30. The Labute approximate surface area is 206 Å². The van der Waals surface area contributed by atoms with E-state index in [0.29, 0.717) is 37.4 Å². The van der Waals surface area contributed by atoms with Crippen molar-refractivity contribution in [1.29, 1.82) is 0 Å². The van der Waals surface area contributed by atoms with Crippen molar-refractivity contribution in [2.75, 3.05) is 58.2 Å². The zero-order chi connectivity index (χ0) is 25.1. The molecule has 0 fully saturated rings. The number of halogens is 1. The Balaban J connectivity index is 1.95. The molecule has 0 aliphatic rings. The second-order valence-corrected chi connectivity index (χ2v) is 9.76. The molecule has 0 saturated heterocycles. The molecule has 2 rings (SSSR count). The van der Waals surface area contributed by atoms with Crippen molar-refractivity contribution in [3.8, 4) is 5.75 Å². The predicted octanol–water partition coefficient (Wildman–Crippen LogP) is 5.83. The number of nitrogens with zero attached hydrogens (tertiary/aromatic N) is 2. The first-order valence-electron chi connectivity index (χ1n) is 12.4. The maximum Gasteiger partial charge on any atom is 0.148 e. The van der Waals surface area contributed by atoms with E-state index in [1.165, 1.54) is 5.56 Å². The van der Waals surface area contributed by atoms with Gasteiger partial charge in [-0.25, -0.2) is 4.39 Å². The van der Waals surface area contributed by atoms with Crippen LogP contribution in [0.25, 0.3) is 0 Å². The molecule has 0 aromatic heterocycles. The zero-order valence-electron chi connectivity index (χ0n) is 22.2. The van der Waals surface area contributed by atoms with Gasteiger partial charge in [0.25, 0.3) is 0 Å². The Morgan fingerprint density at radius 2 is 1.74 bits per heavy atom. The van der Waals surface area contributed by atoms with Crippen LogP contribution in [0.2, 0.25) is 0 Å². The van der Waals surface area contributed by atoms with Gasteiger partial charge in [0.15, 0.2) is 0 Å². The van der Waals surface area contributed by atoms with E-state index < -0.39 is 0 Å². The van der Waals surface area contributed by atoms with Crippen molar-refractivity contribution >= 4 is 11.4 Å². The monoisotopic (exact) mass is 473 g/mol. The number of methoxy groups -OCH3 is 1. The van der Waals surface area contributed by atoms with Gasteiger partial charge in [-0.3, -0.25) is 0 Å². The topological polar surface area (TPSA) is 37.0 Å². The highest BCUT2D eigenvalue weighted by Gasteiger charge is 2.12. The normalized spacial score (nSPS) is 12.3. The van der Waals surface area contributed by atoms with Gasteiger partial charge in [-0.05, 0) is 87.7 Å². The van der Waals surface area contributed by atoms with Gasteiger partial charge in [0.1, 0.15) is 11.6 Å². The lowest BCUT2D eigenvalue weighted by Crippen LogP contribution is -2.30. The molecule has 0 unspecified atom stereocenters. The number of ether oxygens (including phenoxy) is 2. The molecule has 0 heterocycles. The Hall–Kier alpha value is -2.31. The summed E-state index contributed by atoms with van der Waals surface area (Å²) in [6.07, 6.45) is 2.81. The predicted molar refractivity (Wildman–Crippen MR) is 142 cm³/mol. The number of nitrogens with one attached hydrogen (secondary N) is 1. The summed E-state index contributed by atoms with van der Waals surface area (Å²) in [5, 5.41) is 3.37. The standard InChI is InChI=1S/C28H44FN3O2/c1-21(2)14-17-34-26-10-8-24(20-33-7)23(18-26)12-15-30-25-9-11-28(27(29)19-25)32(6)16-13-22(3)31(4)5/h8-11,18-19,21-22,30H,12-17,20H2,1-7H3/t22-/m0/s1. The van der Waals surface area contributed by atoms with Crippen LogP contribution in [0.4, 0.5) is 15.8 Å². The molecule has 0 spiro atoms. The average Bonchev–Trinajstić information content (AvgIpc) is 2.78. The van der Waals surface area contributed by atoms with Gasteiger partial charge in [0.2, 0.25) is 0 Å². The van der Waals surface area contributed by atoms with Crippen molar-refractivity contribution < 1.29 is 13.9 Å². The zero-order valence-corrected chi connectivity index (χ0v) is 22.2. The second kappa shape index (κ2) is 14.2. The van der Waals surface area contributed by atoms with Crippen LogP contribution in [0.3, 0.4) is 0 Å². The van der Waals surface area contributed by atoms with E-state index in [1.807, 2.05) is 30.1 Å². The minimum atomic E-state index is -0.203. The minimum Gasteiger partial charge on any atom is -0.494 e. The highest BCUT2D eigenvalue weighted by molar-refractivity contribution is 5.56. The molecule has 0 bridgehead atoms. The van der Waals surface area contributed by atoms with E-state index in [-0.39, 0.29) is 5.82 Å². The molecule has 6 heteroatoms. The molecule has 34 heavy (non-hydrogen) atoms. The Morgan fingerprint density at radius 1 is 0.971 bits per heavy atom. The van der Waals surface area contributed by atoms with Crippen molar-refractivity contribution in [3.05, 3.63) is 53.3 Å². The maximum atomic E-state index is 14.8. The Morgan fingerprint density at radius 3 is 2.38 bits per heavy atom. The summed E-state index contributed by atoms with van der Waals surface area (Å²) in [5.41, 5.74) is 3.75. The summed E-state index contributed by atoms with van der Waals surface area (Å²) in [6, 6.07) is 12.0. The SMILES string of the molecule is COCc1ccc(OCCC(C)C)cc1CCNc1ccc(N(C)CC[C@H](C)N(C)C)c(F)c1. The van der Waals surface area contributed by atoms with Crippen LogP contribution >= 0.6 is 0 Å². The van der Waals surface area contributed by atoms with Crippen molar-refractivity contribution in [2.24, 2.45) is 5.92 Å². The first kappa shape index (κ1) is 27.9. The Kier molecular flexibility index (Phi) is 11.6. The third kappa shape index (κ3) is 9.15. The molecule has 0 aliphatic carbocycles. The van der Waals surface area contributed by atoms with E-state index in [0.717, 1.165) is 42.8 Å². The lowest BCUT2D eigenvalue weighted by molar-refractivity contribution is 0.184. The van der Waals surface area contributed by atoms with E-state index >= 15 is 0 Å². The molecule has 0 amide bonds. The van der Waals surface area contributed by atoms with Crippen LogP contribution in [0.5, 0.6) is 5.75 Å². The molecule has 2 aromatic rings. The largest absolute Gasteiger partial charge is 0.494 e. The quantitative estimate of drug-likeness (QED) is 0.352. The third-order valence-corrected chi connectivity index (χ3v) is 6.29. The molecule has 0 saturated carbocycles. The number of hydrogen-bond donors (Lipinski definition) is 1. The average molecular weight is 474 g/mol. The fourth-order valence-electron chi connectivity index (χ4n) is 3.66. The fraction of sp³-hybridized carbons (Fsp3) is 0.571. The fourth-order valence-corrected chi connectivity index (χ4v) is 3.66. The lowest BCUT2D eigenvalue weighted by Gasteiger charge is -2.25. The first-order valence-corrected chi connectivity index (χ1v) is 12.4. The van der Waals surface area contributed by atoms with Crippen molar-refractivity contribution in [2.45, 2.75) is 52.7 Å². The van der Waals surface area contributed by atoms with Crippen LogP contribution in [-0.2, 0) is 17.8 Å². The second-order valence-electron chi connectivity index (χ2n) is 9.76. The molecule has 0 radical (unpaired) electrons. The molecule has 1 atom stereocenters. The van der Waals surface area contributed by atoms with Crippen molar-refractivity contribution in [3.63, 3.8) is 0 Å². The van der Waals surface area contributed by atoms with Crippen LogP contribution in [-0.4, -0.2) is 58.9 Å². The Bertz CT molecular complexity index is 873. The number of hydrogen-bond acceptors (Lipinski definition) is 5. The van der Waals surface area contributed by atoms with Gasteiger partial charge in [-0.2, -0.15) is 0 Å². The van der Waals surface area contributed by atoms with Crippen LogP contribution < -0.4 is 15.0 Å². The number of anilines is 2. The highest BCUT2D eigenvalue weighted by atomic mass is 19.1. The van der Waals surface area contributed by atoms with Crippen LogP contribution in [0, 0.1) is 11.7 Å². The molecular weight excluding hydrogens is 429 g/mol. The summed E-state index contributed by atoms with van der Waals surface area (Å²) in [7, 11) is 7.79. The van der Waals surface area contributed by atoms with E-state index in [9.17, 15) is 4.39 Å². The molecular formula is C28H44FN3O2. The number of benzene rings is 2. The molecule has 0 aliphatic heterocycles. The number of rotatable bonds is 15. The molecule has 190 valence electrons. The molecule has 2 aromatic carbocycles. The van der Waals surface area contributed by atoms with E-state index in [4.69, 9.17) is 9.47 Å². The van der Waals surface area contributed by atoms with Crippen LogP contribution in [0.15, 0.2) is 36.4 Å². The molecule has 1 N–H and O–H groups in total. The summed E-state index contributed by atoms with van der Waals surface area (Å²) in [6.45, 7) is 9.35. The maximum absolute atomic E-state index is 14.8. The van der Waals surface area contributed by atoms with Gasteiger partial charge in [-0.1, -0.05) is 19.9 Å². The first-order chi connectivity index (χ1) is 16.2. The van der Waals surface area contributed by atoms with Crippen molar-refractivity contribution in [1.82, 2.24) is 4.90 Å². The van der Waals surface area contributed by atoms with Gasteiger partial charge in [-0.15, -0.1) is 0 Å². The third-order valence-electron chi connectivity index (χ3n) is 6.29. The van der Waals surface area contributed by atoms with Gasteiger partial charge in [0.05, 0.1) is 18.9 Å². The smallest absolute Gasteiger partial charge is 0.148 e. The summed E-state index contributed by atoms with van der Waals surface area (Å²) < 4.78 is 26.1. The minimum absolute atomic E-state index is 0.203. The summed E-state index contributed by atoms with van der Waals surface area (Å²) >= 11 is 0. The van der Waals surface area contributed by atoms with E-state index in [2.05, 4.69) is 57.2 Å². The summed E-state index contributed by atoms with van der Waals surface area (Å²) in [4.78, 5) is 4.17. The van der Waals surface area contributed by atoms with Gasteiger partial charge < -0.3 is 24.6 Å². The van der Waals surface area contributed by atoms with Crippen LogP contribution in [0.1, 0.15) is 44.7 Å².